The minimum absolute atomic E-state index is 0.00247. The summed E-state index contributed by atoms with van der Waals surface area (Å²) in [4.78, 5) is 39.0. The molecule has 3 heterocycles. The van der Waals surface area contributed by atoms with Crippen LogP contribution in [-0.4, -0.2) is 58.0 Å². The molecule has 47 heavy (non-hydrogen) atoms. The number of carbonyl (C=O) groups excluding carboxylic acids is 1. The number of aromatic nitrogens is 3. The van der Waals surface area contributed by atoms with Crippen LogP contribution in [0.3, 0.4) is 0 Å². The van der Waals surface area contributed by atoms with Gasteiger partial charge in [-0.1, -0.05) is 6.92 Å². The number of anilines is 2. The Kier molecular flexibility index (Phi) is 10.2. The number of alkyl halides is 6. The van der Waals surface area contributed by atoms with Gasteiger partial charge in [-0.2, -0.15) is 26.3 Å². The lowest BCUT2D eigenvalue weighted by molar-refractivity contribution is -0.143. The van der Waals surface area contributed by atoms with Crippen LogP contribution >= 0.6 is 0 Å². The Bertz CT molecular complexity index is 1600. The first kappa shape index (κ1) is 35.2. The maximum Gasteiger partial charge on any atom is 0.416 e. The van der Waals surface area contributed by atoms with E-state index in [0.717, 1.165) is 0 Å². The minimum Gasteiger partial charge on any atom is -0.481 e. The molecule has 0 radical (unpaired) electrons. The van der Waals surface area contributed by atoms with Crippen molar-refractivity contribution in [2.45, 2.75) is 63.5 Å². The van der Waals surface area contributed by atoms with Crippen LogP contribution in [0, 0.1) is 0 Å². The summed E-state index contributed by atoms with van der Waals surface area (Å²) in [5.41, 5.74) is 2.71. The Morgan fingerprint density at radius 3 is 2.30 bits per heavy atom. The molecular formula is C30H32F6N6O5. The Hall–Kier alpha value is -4.67. The number of carboxylic acid groups (broad SMARTS) is 1. The number of nitrogens with two attached hydrogens (primary N) is 1. The van der Waals surface area contributed by atoms with Crippen molar-refractivity contribution in [3.05, 3.63) is 70.4 Å². The first-order chi connectivity index (χ1) is 22.0. The number of nitrogens with zero attached hydrogens (tertiary/aromatic N) is 4. The Morgan fingerprint density at radius 2 is 1.74 bits per heavy atom. The van der Waals surface area contributed by atoms with E-state index in [2.05, 4.69) is 20.3 Å². The van der Waals surface area contributed by atoms with E-state index < -0.39 is 53.5 Å². The molecule has 1 aromatic carbocycles. The van der Waals surface area contributed by atoms with Crippen molar-refractivity contribution in [2.24, 2.45) is 5.73 Å². The SMILES string of the molecule is CCOC(=O)N1c2ccc(OC)nc2[C@@H](c2ncc(NCCC(=O)O)c(Cc3cc(C(F)(F)F)cc(C(F)(F)F)c3)n2)C[C@@]1(N)CC. The summed E-state index contributed by atoms with van der Waals surface area (Å²) in [5.74, 6) is -1.74. The van der Waals surface area contributed by atoms with Crippen LogP contribution in [0.15, 0.2) is 36.5 Å². The van der Waals surface area contributed by atoms with Gasteiger partial charge in [0.25, 0.3) is 0 Å². The smallest absolute Gasteiger partial charge is 0.416 e. The highest BCUT2D eigenvalue weighted by molar-refractivity contribution is 5.91. The second-order valence-electron chi connectivity index (χ2n) is 10.8. The molecule has 4 rings (SSSR count). The summed E-state index contributed by atoms with van der Waals surface area (Å²) in [6.07, 6.45) is -10.2. The predicted molar refractivity (Wildman–Crippen MR) is 156 cm³/mol. The molecule has 0 unspecified atom stereocenters. The van der Waals surface area contributed by atoms with E-state index in [4.69, 9.17) is 20.3 Å². The molecule has 0 bridgehead atoms. The number of fused-ring (bicyclic) bond motifs is 1. The van der Waals surface area contributed by atoms with E-state index in [0.29, 0.717) is 12.1 Å². The minimum atomic E-state index is -5.07. The number of amides is 1. The first-order valence-electron chi connectivity index (χ1n) is 14.4. The van der Waals surface area contributed by atoms with Gasteiger partial charge in [0.05, 0.1) is 66.1 Å². The maximum absolute atomic E-state index is 13.6. The van der Waals surface area contributed by atoms with Gasteiger partial charge in [-0.15, -0.1) is 0 Å². The zero-order valence-electron chi connectivity index (χ0n) is 25.5. The van der Waals surface area contributed by atoms with Crippen molar-refractivity contribution in [2.75, 3.05) is 30.5 Å². The summed E-state index contributed by atoms with van der Waals surface area (Å²) in [6, 6.07) is 4.29. The Morgan fingerprint density at radius 1 is 1.09 bits per heavy atom. The molecule has 0 fully saturated rings. The fraction of sp³-hybridized carbons (Fsp3) is 0.433. The quantitative estimate of drug-likeness (QED) is 0.220. The zero-order chi connectivity index (χ0) is 34.7. The number of carbonyl (C=O) groups is 2. The first-order valence-corrected chi connectivity index (χ1v) is 14.4. The molecule has 1 aliphatic rings. The molecule has 0 aliphatic carbocycles. The number of pyridine rings is 1. The summed E-state index contributed by atoms with van der Waals surface area (Å²) < 4.78 is 92.3. The van der Waals surface area contributed by atoms with Crippen molar-refractivity contribution in [3.63, 3.8) is 0 Å². The van der Waals surface area contributed by atoms with Crippen LogP contribution in [-0.2, 0) is 28.3 Å². The van der Waals surface area contributed by atoms with Crippen molar-refractivity contribution >= 4 is 23.4 Å². The van der Waals surface area contributed by atoms with Crippen molar-refractivity contribution in [1.29, 1.82) is 0 Å². The molecule has 11 nitrogen and oxygen atoms in total. The number of ether oxygens (including phenoxy) is 2. The zero-order valence-corrected chi connectivity index (χ0v) is 25.5. The number of hydrogen-bond acceptors (Lipinski definition) is 9. The third kappa shape index (κ3) is 7.84. The van der Waals surface area contributed by atoms with Crippen LogP contribution in [0.1, 0.15) is 72.9 Å². The third-order valence-corrected chi connectivity index (χ3v) is 7.59. The number of hydrogen-bond donors (Lipinski definition) is 3. The van der Waals surface area contributed by atoms with Gasteiger partial charge in [-0.3, -0.25) is 9.69 Å². The van der Waals surface area contributed by atoms with Crippen molar-refractivity contribution < 1.29 is 50.5 Å². The molecule has 1 aliphatic heterocycles. The van der Waals surface area contributed by atoms with Gasteiger partial charge in [-0.05, 0) is 49.6 Å². The molecule has 17 heteroatoms. The number of aliphatic carboxylic acids is 1. The van der Waals surface area contributed by atoms with Gasteiger partial charge in [-0.25, -0.2) is 19.7 Å². The molecule has 254 valence electrons. The second-order valence-corrected chi connectivity index (χ2v) is 10.8. The van der Waals surface area contributed by atoms with Crippen LogP contribution in [0.5, 0.6) is 5.88 Å². The van der Waals surface area contributed by atoms with Crippen LogP contribution in [0.2, 0.25) is 0 Å². The van der Waals surface area contributed by atoms with Gasteiger partial charge in [0.15, 0.2) is 0 Å². The highest BCUT2D eigenvalue weighted by Gasteiger charge is 2.47. The highest BCUT2D eigenvalue weighted by Crippen LogP contribution is 2.45. The topological polar surface area (TPSA) is 153 Å². The number of methoxy groups -OCH3 is 1. The average Bonchev–Trinajstić information content (AvgIpc) is 3.00. The second kappa shape index (κ2) is 13.6. The molecule has 2 aromatic heterocycles. The molecule has 2 atom stereocenters. The molecule has 4 N–H and O–H groups in total. The largest absolute Gasteiger partial charge is 0.481 e. The summed E-state index contributed by atoms with van der Waals surface area (Å²) in [5, 5.41) is 11.9. The normalized spacial score (nSPS) is 18.0. The monoisotopic (exact) mass is 670 g/mol. The van der Waals surface area contributed by atoms with Crippen LogP contribution in [0.4, 0.5) is 42.5 Å². The Balaban J connectivity index is 1.88. The van der Waals surface area contributed by atoms with Crippen LogP contribution in [0.25, 0.3) is 0 Å². The number of halogens is 6. The summed E-state index contributed by atoms with van der Waals surface area (Å²) in [6.45, 7) is 3.30. The fourth-order valence-corrected chi connectivity index (χ4v) is 5.28. The predicted octanol–water partition coefficient (Wildman–Crippen LogP) is 5.96. The third-order valence-electron chi connectivity index (χ3n) is 7.59. The lowest BCUT2D eigenvalue weighted by atomic mass is 9.83. The molecule has 0 saturated carbocycles. The Labute approximate surface area is 265 Å². The molecule has 0 saturated heterocycles. The number of nitrogens with one attached hydrogen (secondary N) is 1. The van der Waals surface area contributed by atoms with E-state index in [-0.39, 0.29) is 78.5 Å². The average molecular weight is 671 g/mol. The standard InChI is InChI=1S/C30H32F6N6O5/c1-4-28(37)14-19(25-22(6-7-23(41-25)46-3)42(28)27(45)47-5-2)26-39-15-21(38-9-8-24(43)44)20(40-26)12-16-10-17(29(31,32)33)13-18(11-16)30(34,35)36/h6-7,10-11,13,15,19,38H,4-5,8-9,12,14,37H2,1-3H3,(H,43,44)/t19-,28+/m0/s1. The van der Waals surface area contributed by atoms with E-state index >= 15 is 0 Å². The lowest BCUT2D eigenvalue weighted by Gasteiger charge is -2.46. The van der Waals surface area contributed by atoms with Crippen molar-refractivity contribution in [1.82, 2.24) is 15.0 Å². The summed E-state index contributed by atoms with van der Waals surface area (Å²) >= 11 is 0. The van der Waals surface area contributed by atoms with Gasteiger partial charge < -0.3 is 25.6 Å². The van der Waals surface area contributed by atoms with Gasteiger partial charge >= 0.3 is 24.4 Å². The van der Waals surface area contributed by atoms with E-state index in [1.165, 1.54) is 24.3 Å². The maximum atomic E-state index is 13.6. The van der Waals surface area contributed by atoms with E-state index in [9.17, 15) is 35.9 Å². The molecule has 1 amide bonds. The van der Waals surface area contributed by atoms with E-state index in [1.807, 2.05) is 0 Å². The van der Waals surface area contributed by atoms with Crippen molar-refractivity contribution in [3.8, 4) is 5.88 Å². The summed E-state index contributed by atoms with van der Waals surface area (Å²) in [7, 11) is 1.38. The number of rotatable bonds is 10. The molecule has 3 aromatic rings. The van der Waals surface area contributed by atoms with Gasteiger partial charge in [0, 0.05) is 19.0 Å². The van der Waals surface area contributed by atoms with Gasteiger partial charge in [0.2, 0.25) is 5.88 Å². The number of carboxylic acids is 1. The van der Waals surface area contributed by atoms with E-state index in [1.54, 1.807) is 19.9 Å². The lowest BCUT2D eigenvalue weighted by Crippen LogP contribution is -2.61. The molecular weight excluding hydrogens is 638 g/mol. The highest BCUT2D eigenvalue weighted by atomic mass is 19.4. The molecule has 0 spiro atoms. The number of benzene rings is 1. The fourth-order valence-electron chi connectivity index (χ4n) is 5.28. The van der Waals surface area contributed by atoms with Crippen LogP contribution < -0.4 is 20.7 Å². The van der Waals surface area contributed by atoms with Gasteiger partial charge in [0.1, 0.15) is 11.5 Å².